The van der Waals surface area contributed by atoms with Crippen molar-refractivity contribution in [3.63, 3.8) is 0 Å². The van der Waals surface area contributed by atoms with Crippen LogP contribution in [-0.4, -0.2) is 56.3 Å². The third-order valence-corrected chi connectivity index (χ3v) is 3.98. The molecule has 0 spiro atoms. The van der Waals surface area contributed by atoms with E-state index in [1.807, 2.05) is 6.92 Å². The summed E-state index contributed by atoms with van der Waals surface area (Å²) >= 11 is 0. The molecule has 0 aromatic rings. The fraction of sp³-hybridized carbons (Fsp3) is 0.882. The Hall–Kier alpha value is -1.46. The standard InChI is InChI=1S/C17H34N4O2/c1-6-23-16(22)21-12-8-14(9-13-21)20-15(18-5)19-11-7-10-17(2,3)4/h14H,6-13H2,1-5H3,(H2,18,19,20). The molecule has 0 bridgehead atoms. The molecule has 1 aliphatic rings. The Morgan fingerprint density at radius 3 is 2.48 bits per heavy atom. The summed E-state index contributed by atoms with van der Waals surface area (Å²) < 4.78 is 5.04. The number of hydrogen-bond donors (Lipinski definition) is 2. The molecule has 2 N–H and O–H groups in total. The van der Waals surface area contributed by atoms with Crippen molar-refractivity contribution >= 4 is 12.1 Å². The first-order valence-electron chi connectivity index (χ1n) is 8.74. The van der Waals surface area contributed by atoms with Crippen LogP contribution in [0, 0.1) is 5.41 Å². The van der Waals surface area contributed by atoms with Gasteiger partial charge in [-0.25, -0.2) is 4.79 Å². The molecule has 0 unspecified atom stereocenters. The molecule has 0 atom stereocenters. The predicted octanol–water partition coefficient (Wildman–Crippen LogP) is 2.60. The number of ether oxygens (including phenoxy) is 1. The number of nitrogens with one attached hydrogen (secondary N) is 2. The fourth-order valence-corrected chi connectivity index (χ4v) is 2.63. The summed E-state index contributed by atoms with van der Waals surface area (Å²) in [4.78, 5) is 17.8. The van der Waals surface area contributed by atoms with Crippen molar-refractivity contribution in [1.29, 1.82) is 0 Å². The van der Waals surface area contributed by atoms with Gasteiger partial charge in [0.1, 0.15) is 0 Å². The van der Waals surface area contributed by atoms with Gasteiger partial charge in [-0.2, -0.15) is 0 Å². The van der Waals surface area contributed by atoms with Crippen LogP contribution in [0.1, 0.15) is 53.4 Å². The molecular formula is C17H34N4O2. The van der Waals surface area contributed by atoms with Gasteiger partial charge in [0, 0.05) is 32.7 Å². The molecule has 1 fully saturated rings. The van der Waals surface area contributed by atoms with Crippen molar-refractivity contribution in [2.24, 2.45) is 10.4 Å². The monoisotopic (exact) mass is 326 g/mol. The third kappa shape index (κ3) is 8.09. The molecular weight excluding hydrogens is 292 g/mol. The summed E-state index contributed by atoms with van der Waals surface area (Å²) in [5.74, 6) is 0.855. The van der Waals surface area contributed by atoms with Crippen LogP contribution in [0.5, 0.6) is 0 Å². The Balaban J connectivity index is 2.26. The molecule has 0 aromatic carbocycles. The lowest BCUT2D eigenvalue weighted by Gasteiger charge is -2.32. The number of piperidine rings is 1. The van der Waals surface area contributed by atoms with Gasteiger partial charge in [-0.3, -0.25) is 4.99 Å². The van der Waals surface area contributed by atoms with Crippen molar-refractivity contribution in [3.8, 4) is 0 Å². The van der Waals surface area contributed by atoms with Crippen LogP contribution >= 0.6 is 0 Å². The van der Waals surface area contributed by atoms with E-state index < -0.39 is 0 Å². The van der Waals surface area contributed by atoms with Crippen LogP contribution in [0.3, 0.4) is 0 Å². The summed E-state index contributed by atoms with van der Waals surface area (Å²) in [7, 11) is 1.80. The molecule has 1 aliphatic heterocycles. The van der Waals surface area contributed by atoms with Gasteiger partial charge in [-0.1, -0.05) is 20.8 Å². The molecule has 1 amide bonds. The zero-order valence-corrected chi connectivity index (χ0v) is 15.4. The van der Waals surface area contributed by atoms with Crippen molar-refractivity contribution in [2.75, 3.05) is 33.3 Å². The smallest absolute Gasteiger partial charge is 0.409 e. The summed E-state index contributed by atoms with van der Waals surface area (Å²) in [6.45, 7) is 11.4. The molecule has 0 radical (unpaired) electrons. The number of carbonyl (C=O) groups is 1. The topological polar surface area (TPSA) is 66.0 Å². The van der Waals surface area contributed by atoms with E-state index in [0.717, 1.165) is 44.9 Å². The highest BCUT2D eigenvalue weighted by Crippen LogP contribution is 2.19. The number of guanidine groups is 1. The maximum atomic E-state index is 11.7. The second-order valence-corrected chi connectivity index (χ2v) is 7.27. The maximum Gasteiger partial charge on any atom is 0.409 e. The van der Waals surface area contributed by atoms with Crippen LogP contribution in [0.4, 0.5) is 4.79 Å². The molecule has 0 aromatic heterocycles. The van der Waals surface area contributed by atoms with E-state index >= 15 is 0 Å². The van der Waals surface area contributed by atoms with Crippen molar-refractivity contribution in [3.05, 3.63) is 0 Å². The maximum absolute atomic E-state index is 11.7. The zero-order chi connectivity index (χ0) is 17.3. The first kappa shape index (κ1) is 19.6. The lowest BCUT2D eigenvalue weighted by molar-refractivity contribution is 0.0963. The number of nitrogens with zero attached hydrogens (tertiary/aromatic N) is 2. The lowest BCUT2D eigenvalue weighted by atomic mass is 9.91. The average Bonchev–Trinajstić information content (AvgIpc) is 2.50. The van der Waals surface area contributed by atoms with Crippen LogP contribution in [0.2, 0.25) is 0 Å². The molecule has 23 heavy (non-hydrogen) atoms. The minimum atomic E-state index is -0.198. The minimum Gasteiger partial charge on any atom is -0.450 e. The average molecular weight is 326 g/mol. The molecule has 0 saturated carbocycles. The van der Waals surface area contributed by atoms with Crippen molar-refractivity contribution in [2.45, 2.75) is 59.4 Å². The highest BCUT2D eigenvalue weighted by Gasteiger charge is 2.24. The molecule has 6 nitrogen and oxygen atoms in total. The Morgan fingerprint density at radius 1 is 1.30 bits per heavy atom. The Bertz CT molecular complexity index is 383. The Kier molecular flexibility index (Phi) is 8.20. The lowest BCUT2D eigenvalue weighted by Crippen LogP contribution is -2.50. The molecule has 0 aliphatic carbocycles. The van der Waals surface area contributed by atoms with E-state index in [1.54, 1.807) is 11.9 Å². The van der Waals surface area contributed by atoms with Gasteiger partial charge >= 0.3 is 6.09 Å². The number of rotatable bonds is 5. The zero-order valence-electron chi connectivity index (χ0n) is 15.4. The first-order chi connectivity index (χ1) is 10.9. The van der Waals surface area contributed by atoms with Gasteiger partial charge in [0.05, 0.1) is 6.61 Å². The molecule has 134 valence electrons. The summed E-state index contributed by atoms with van der Waals surface area (Å²) in [6.07, 6.45) is 3.96. The van der Waals surface area contributed by atoms with Crippen molar-refractivity contribution < 1.29 is 9.53 Å². The van der Waals surface area contributed by atoms with E-state index in [4.69, 9.17) is 4.74 Å². The van der Waals surface area contributed by atoms with E-state index in [9.17, 15) is 4.79 Å². The normalized spacial score (nSPS) is 17.1. The minimum absolute atomic E-state index is 0.198. The van der Waals surface area contributed by atoms with Gasteiger partial charge in [0.2, 0.25) is 0 Å². The molecule has 1 heterocycles. The van der Waals surface area contributed by atoms with E-state index in [0.29, 0.717) is 18.1 Å². The number of carbonyl (C=O) groups excluding carboxylic acids is 1. The largest absolute Gasteiger partial charge is 0.450 e. The Morgan fingerprint density at radius 2 is 1.96 bits per heavy atom. The summed E-state index contributed by atoms with van der Waals surface area (Å²) in [5, 5.41) is 6.83. The van der Waals surface area contributed by atoms with Crippen LogP contribution in [-0.2, 0) is 4.74 Å². The fourth-order valence-electron chi connectivity index (χ4n) is 2.63. The first-order valence-corrected chi connectivity index (χ1v) is 8.74. The number of likely N-dealkylation sites (tertiary alicyclic amines) is 1. The second kappa shape index (κ2) is 9.63. The SMILES string of the molecule is CCOC(=O)N1CCC(NC(=NC)NCCCC(C)(C)C)CC1. The van der Waals surface area contributed by atoms with Gasteiger partial charge < -0.3 is 20.3 Å². The van der Waals surface area contributed by atoms with Gasteiger partial charge in [0.15, 0.2) is 5.96 Å². The molecule has 1 rings (SSSR count). The van der Waals surface area contributed by atoms with Crippen LogP contribution in [0.15, 0.2) is 4.99 Å². The number of amides is 1. The molecule has 1 saturated heterocycles. The quantitative estimate of drug-likeness (QED) is 0.463. The Labute approximate surface area is 141 Å². The third-order valence-electron chi connectivity index (χ3n) is 3.98. The van der Waals surface area contributed by atoms with Gasteiger partial charge in [-0.15, -0.1) is 0 Å². The highest BCUT2D eigenvalue weighted by atomic mass is 16.6. The number of aliphatic imine (C=N–C) groups is 1. The van der Waals surface area contributed by atoms with Gasteiger partial charge in [0.25, 0.3) is 0 Å². The summed E-state index contributed by atoms with van der Waals surface area (Å²) in [5.41, 5.74) is 0.374. The van der Waals surface area contributed by atoms with Crippen LogP contribution in [0.25, 0.3) is 0 Å². The molecule has 6 heteroatoms. The van der Waals surface area contributed by atoms with Crippen LogP contribution < -0.4 is 10.6 Å². The van der Waals surface area contributed by atoms with Crippen molar-refractivity contribution in [1.82, 2.24) is 15.5 Å². The van der Waals surface area contributed by atoms with E-state index in [2.05, 4.69) is 36.4 Å². The van der Waals surface area contributed by atoms with Gasteiger partial charge in [-0.05, 0) is 38.0 Å². The van der Waals surface area contributed by atoms with E-state index in [1.165, 1.54) is 6.42 Å². The predicted molar refractivity (Wildman–Crippen MR) is 94.8 cm³/mol. The highest BCUT2D eigenvalue weighted by molar-refractivity contribution is 5.80. The summed E-state index contributed by atoms with van der Waals surface area (Å²) in [6, 6.07) is 0.356. The van der Waals surface area contributed by atoms with E-state index in [-0.39, 0.29) is 6.09 Å². The second-order valence-electron chi connectivity index (χ2n) is 7.27. The number of hydrogen-bond acceptors (Lipinski definition) is 3.